The van der Waals surface area contributed by atoms with Crippen LogP contribution in [0.2, 0.25) is 0 Å². The highest BCUT2D eigenvalue weighted by Crippen LogP contribution is 2.48. The van der Waals surface area contributed by atoms with E-state index in [1.165, 1.54) is 0 Å². The van der Waals surface area contributed by atoms with Gasteiger partial charge in [-0.3, -0.25) is 4.90 Å². The second-order valence-corrected chi connectivity index (χ2v) is 6.98. The topological polar surface area (TPSA) is 43.0 Å². The first-order valence-corrected chi connectivity index (χ1v) is 8.17. The summed E-state index contributed by atoms with van der Waals surface area (Å²) < 4.78 is 16.7. The number of hydrogen-bond acceptors (Lipinski definition) is 5. The standard InChI is InChI=1S/C18H30N2O3/c1-18(2,3)17(20-11-9-19-10-12-20)13-7-8-14(21-4)16(23-6)15(13)22-5/h7-8,17,19H,9-12H2,1-6H3/t17-/m1/s1. The van der Waals surface area contributed by atoms with Gasteiger partial charge in [0.05, 0.1) is 21.3 Å². The van der Waals surface area contributed by atoms with Crippen LogP contribution in [-0.4, -0.2) is 52.4 Å². The van der Waals surface area contributed by atoms with Crippen LogP contribution in [0.3, 0.4) is 0 Å². The average Bonchev–Trinajstić information content (AvgIpc) is 2.54. The minimum atomic E-state index is 0.0736. The van der Waals surface area contributed by atoms with Crippen LogP contribution in [0.25, 0.3) is 0 Å². The lowest BCUT2D eigenvalue weighted by atomic mass is 9.80. The van der Waals surface area contributed by atoms with Gasteiger partial charge in [0.15, 0.2) is 11.5 Å². The molecule has 1 saturated heterocycles. The molecule has 5 heteroatoms. The summed E-state index contributed by atoms with van der Waals surface area (Å²) in [4.78, 5) is 2.53. The van der Waals surface area contributed by atoms with Crippen LogP contribution in [0.1, 0.15) is 32.4 Å². The molecule has 0 unspecified atom stereocenters. The molecule has 1 aliphatic heterocycles. The monoisotopic (exact) mass is 322 g/mol. The number of nitrogens with one attached hydrogen (secondary N) is 1. The summed E-state index contributed by atoms with van der Waals surface area (Å²) in [5.74, 6) is 2.13. The maximum Gasteiger partial charge on any atom is 0.203 e. The Morgan fingerprint density at radius 2 is 1.57 bits per heavy atom. The lowest BCUT2D eigenvalue weighted by Crippen LogP contribution is -2.48. The van der Waals surface area contributed by atoms with Crippen LogP contribution in [0, 0.1) is 5.41 Å². The minimum absolute atomic E-state index is 0.0736. The van der Waals surface area contributed by atoms with Gasteiger partial charge in [-0.05, 0) is 17.5 Å². The van der Waals surface area contributed by atoms with E-state index in [9.17, 15) is 0 Å². The molecule has 1 heterocycles. The number of nitrogens with zero attached hydrogens (tertiary/aromatic N) is 1. The number of methoxy groups -OCH3 is 3. The number of piperazine rings is 1. The van der Waals surface area contributed by atoms with Gasteiger partial charge in [0, 0.05) is 37.8 Å². The van der Waals surface area contributed by atoms with Crippen LogP contribution in [-0.2, 0) is 0 Å². The highest BCUT2D eigenvalue weighted by molar-refractivity contribution is 5.57. The van der Waals surface area contributed by atoms with Crippen LogP contribution in [0.5, 0.6) is 17.2 Å². The van der Waals surface area contributed by atoms with Crippen molar-refractivity contribution in [3.63, 3.8) is 0 Å². The molecule has 5 nitrogen and oxygen atoms in total. The van der Waals surface area contributed by atoms with Crippen molar-refractivity contribution in [3.8, 4) is 17.2 Å². The molecule has 130 valence electrons. The van der Waals surface area contributed by atoms with E-state index in [1.807, 2.05) is 6.07 Å². The largest absolute Gasteiger partial charge is 0.493 e. The predicted molar refractivity (Wildman–Crippen MR) is 92.7 cm³/mol. The van der Waals surface area contributed by atoms with E-state index in [2.05, 4.69) is 37.1 Å². The van der Waals surface area contributed by atoms with Gasteiger partial charge in [0.1, 0.15) is 0 Å². The molecule has 1 aromatic carbocycles. The van der Waals surface area contributed by atoms with Gasteiger partial charge < -0.3 is 19.5 Å². The summed E-state index contributed by atoms with van der Waals surface area (Å²) in [5, 5.41) is 3.42. The van der Waals surface area contributed by atoms with Crippen LogP contribution in [0.4, 0.5) is 0 Å². The Hall–Kier alpha value is -1.46. The van der Waals surface area contributed by atoms with Crippen molar-refractivity contribution >= 4 is 0 Å². The summed E-state index contributed by atoms with van der Waals surface area (Å²) in [6.07, 6.45) is 0. The zero-order valence-corrected chi connectivity index (χ0v) is 15.2. The van der Waals surface area contributed by atoms with Gasteiger partial charge in [-0.1, -0.05) is 20.8 Å². The van der Waals surface area contributed by atoms with E-state index in [-0.39, 0.29) is 11.5 Å². The fraction of sp³-hybridized carbons (Fsp3) is 0.667. The van der Waals surface area contributed by atoms with E-state index in [0.29, 0.717) is 11.5 Å². The molecule has 0 amide bonds. The first-order valence-electron chi connectivity index (χ1n) is 8.17. The normalized spacial score (nSPS) is 17.7. The Bertz CT molecular complexity index is 520. The molecular weight excluding hydrogens is 292 g/mol. The fourth-order valence-electron chi connectivity index (χ4n) is 3.49. The summed E-state index contributed by atoms with van der Waals surface area (Å²) in [6, 6.07) is 4.33. The molecule has 0 saturated carbocycles. The molecule has 0 bridgehead atoms. The molecule has 2 rings (SSSR count). The van der Waals surface area contributed by atoms with E-state index < -0.39 is 0 Å². The van der Waals surface area contributed by atoms with E-state index >= 15 is 0 Å². The molecule has 1 atom stereocenters. The number of benzene rings is 1. The second-order valence-electron chi connectivity index (χ2n) is 6.98. The first kappa shape index (κ1) is 17.9. The molecule has 0 radical (unpaired) electrons. The summed E-state index contributed by atoms with van der Waals surface area (Å²) in [7, 11) is 4.99. The summed E-state index contributed by atoms with van der Waals surface area (Å²) in [5.41, 5.74) is 1.23. The zero-order chi connectivity index (χ0) is 17.0. The summed E-state index contributed by atoms with van der Waals surface area (Å²) >= 11 is 0. The molecular formula is C18H30N2O3. The van der Waals surface area contributed by atoms with Gasteiger partial charge in [0.2, 0.25) is 5.75 Å². The summed E-state index contributed by atoms with van der Waals surface area (Å²) in [6.45, 7) is 10.9. The first-order chi connectivity index (χ1) is 10.9. The SMILES string of the molecule is COc1ccc([C@@H](N2CCNCC2)C(C)(C)C)c(OC)c1OC. The van der Waals surface area contributed by atoms with Gasteiger partial charge >= 0.3 is 0 Å². The molecule has 1 N–H and O–H groups in total. The maximum atomic E-state index is 5.73. The van der Waals surface area contributed by atoms with E-state index in [1.54, 1.807) is 21.3 Å². The van der Waals surface area contributed by atoms with E-state index in [0.717, 1.165) is 37.5 Å². The third-order valence-electron chi connectivity index (χ3n) is 4.37. The third-order valence-corrected chi connectivity index (χ3v) is 4.37. The Kier molecular flexibility index (Phi) is 5.76. The number of ether oxygens (including phenoxy) is 3. The van der Waals surface area contributed by atoms with Crippen LogP contribution < -0.4 is 19.5 Å². The second kappa shape index (κ2) is 7.41. The van der Waals surface area contributed by atoms with Crippen molar-refractivity contribution in [2.75, 3.05) is 47.5 Å². The molecule has 0 spiro atoms. The predicted octanol–water partition coefficient (Wildman–Crippen LogP) is 2.70. The Morgan fingerprint density at radius 3 is 2.04 bits per heavy atom. The fourth-order valence-corrected chi connectivity index (χ4v) is 3.49. The molecule has 23 heavy (non-hydrogen) atoms. The Labute approximate surface area is 139 Å². The van der Waals surface area contributed by atoms with Crippen molar-refractivity contribution in [2.24, 2.45) is 5.41 Å². The zero-order valence-electron chi connectivity index (χ0n) is 15.2. The number of hydrogen-bond donors (Lipinski definition) is 1. The van der Waals surface area contributed by atoms with Crippen molar-refractivity contribution < 1.29 is 14.2 Å². The van der Waals surface area contributed by atoms with Crippen molar-refractivity contribution in [2.45, 2.75) is 26.8 Å². The van der Waals surface area contributed by atoms with Crippen molar-refractivity contribution in [1.29, 1.82) is 0 Å². The van der Waals surface area contributed by atoms with Gasteiger partial charge in [-0.25, -0.2) is 0 Å². The van der Waals surface area contributed by atoms with Crippen molar-refractivity contribution in [1.82, 2.24) is 10.2 Å². The Balaban J connectivity index is 2.53. The van der Waals surface area contributed by atoms with E-state index in [4.69, 9.17) is 14.2 Å². The molecule has 1 aromatic rings. The lowest BCUT2D eigenvalue weighted by molar-refractivity contribution is 0.0837. The van der Waals surface area contributed by atoms with Gasteiger partial charge in [-0.15, -0.1) is 0 Å². The highest BCUT2D eigenvalue weighted by atomic mass is 16.5. The molecule has 0 aliphatic carbocycles. The van der Waals surface area contributed by atoms with Crippen molar-refractivity contribution in [3.05, 3.63) is 17.7 Å². The molecule has 0 aromatic heterocycles. The van der Waals surface area contributed by atoms with Gasteiger partial charge in [0.25, 0.3) is 0 Å². The molecule has 1 aliphatic rings. The molecule has 1 fully saturated rings. The van der Waals surface area contributed by atoms with Crippen LogP contribution >= 0.6 is 0 Å². The minimum Gasteiger partial charge on any atom is -0.493 e. The smallest absolute Gasteiger partial charge is 0.203 e. The van der Waals surface area contributed by atoms with Crippen LogP contribution in [0.15, 0.2) is 12.1 Å². The Morgan fingerprint density at radius 1 is 0.957 bits per heavy atom. The average molecular weight is 322 g/mol. The third kappa shape index (κ3) is 3.72. The number of rotatable bonds is 5. The van der Waals surface area contributed by atoms with Gasteiger partial charge in [-0.2, -0.15) is 0 Å². The highest BCUT2D eigenvalue weighted by Gasteiger charge is 2.35. The lowest BCUT2D eigenvalue weighted by Gasteiger charge is -2.43. The maximum absolute atomic E-state index is 5.73. The quantitative estimate of drug-likeness (QED) is 0.903.